The fourth-order valence-electron chi connectivity index (χ4n) is 2.46. The quantitative estimate of drug-likeness (QED) is 0.904. The Kier molecular flexibility index (Phi) is 3.55. The van der Waals surface area contributed by atoms with E-state index in [9.17, 15) is 4.79 Å². The summed E-state index contributed by atoms with van der Waals surface area (Å²) in [5.41, 5.74) is 7.53. The van der Waals surface area contributed by atoms with Crippen molar-refractivity contribution in [3.8, 4) is 11.8 Å². The molecule has 0 saturated heterocycles. The molecule has 0 bridgehead atoms. The molecule has 2 aromatic rings. The summed E-state index contributed by atoms with van der Waals surface area (Å²) in [7, 11) is 0. The van der Waals surface area contributed by atoms with E-state index in [4.69, 9.17) is 11.0 Å². The number of benzene rings is 1. The summed E-state index contributed by atoms with van der Waals surface area (Å²) in [6.45, 7) is 1.95. The van der Waals surface area contributed by atoms with Crippen LogP contribution < -0.4 is 11.1 Å². The molecule has 3 rings (SSSR count). The third-order valence-corrected chi connectivity index (χ3v) is 4.06. The highest BCUT2D eigenvalue weighted by molar-refractivity contribution is 5.94. The first-order valence-electron chi connectivity index (χ1n) is 7.25. The Morgan fingerprint density at radius 1 is 1.50 bits per heavy atom. The molecule has 0 radical (unpaired) electrons. The highest BCUT2D eigenvalue weighted by Gasteiger charge is 2.32. The number of carbonyl (C=O) groups is 1. The van der Waals surface area contributed by atoms with E-state index in [1.807, 2.05) is 31.2 Å². The molecule has 0 aliphatic heterocycles. The van der Waals surface area contributed by atoms with Gasteiger partial charge in [0.2, 0.25) is 5.91 Å². The first-order chi connectivity index (χ1) is 10.6. The normalized spacial score (nSPS) is 15.1. The van der Waals surface area contributed by atoms with Crippen LogP contribution in [0.5, 0.6) is 0 Å². The van der Waals surface area contributed by atoms with Crippen LogP contribution in [-0.4, -0.2) is 15.7 Å². The molecule has 1 aromatic heterocycles. The molecule has 3 N–H and O–H groups in total. The van der Waals surface area contributed by atoms with Crippen LogP contribution in [0, 0.1) is 23.2 Å². The lowest BCUT2D eigenvalue weighted by molar-refractivity contribution is -0.119. The Bertz CT molecular complexity index is 754. The second-order valence-corrected chi connectivity index (χ2v) is 5.60. The SMILES string of the molecule is CC(C(=O)Nc1ccccc1-n1ncc(C#N)c1N)C1CC1. The van der Waals surface area contributed by atoms with Crippen molar-refractivity contribution in [3.63, 3.8) is 0 Å². The molecule has 1 amide bonds. The topological polar surface area (TPSA) is 96.7 Å². The number of carbonyl (C=O) groups excluding carboxylic acids is 1. The summed E-state index contributed by atoms with van der Waals surface area (Å²) >= 11 is 0. The van der Waals surface area contributed by atoms with Crippen molar-refractivity contribution in [2.75, 3.05) is 11.1 Å². The van der Waals surface area contributed by atoms with E-state index in [1.165, 1.54) is 10.9 Å². The van der Waals surface area contributed by atoms with Gasteiger partial charge in [0.05, 0.1) is 17.6 Å². The highest BCUT2D eigenvalue weighted by atomic mass is 16.1. The molecule has 1 aromatic carbocycles. The van der Waals surface area contributed by atoms with Gasteiger partial charge in [-0.1, -0.05) is 19.1 Å². The lowest BCUT2D eigenvalue weighted by Crippen LogP contribution is -2.22. The first-order valence-corrected chi connectivity index (χ1v) is 7.25. The number of nitrogen functional groups attached to an aromatic ring is 1. The summed E-state index contributed by atoms with van der Waals surface area (Å²) in [5.74, 6) is 0.755. The number of aromatic nitrogens is 2. The van der Waals surface area contributed by atoms with Gasteiger partial charge in [-0.2, -0.15) is 10.4 Å². The van der Waals surface area contributed by atoms with Crippen LogP contribution in [0.4, 0.5) is 11.5 Å². The molecule has 22 heavy (non-hydrogen) atoms. The number of nitriles is 1. The van der Waals surface area contributed by atoms with Gasteiger partial charge in [-0.15, -0.1) is 0 Å². The van der Waals surface area contributed by atoms with Crippen LogP contribution in [0.1, 0.15) is 25.3 Å². The second kappa shape index (κ2) is 5.53. The monoisotopic (exact) mass is 295 g/mol. The van der Waals surface area contributed by atoms with E-state index in [2.05, 4.69) is 10.4 Å². The van der Waals surface area contributed by atoms with Crippen molar-refractivity contribution in [1.82, 2.24) is 9.78 Å². The van der Waals surface area contributed by atoms with Gasteiger partial charge in [0.15, 0.2) is 0 Å². The third kappa shape index (κ3) is 2.53. The third-order valence-electron chi connectivity index (χ3n) is 4.06. The molecule has 1 unspecified atom stereocenters. The summed E-state index contributed by atoms with van der Waals surface area (Å²) in [6, 6.07) is 9.28. The van der Waals surface area contributed by atoms with Crippen LogP contribution in [-0.2, 0) is 4.79 Å². The number of nitrogens with zero attached hydrogens (tertiary/aromatic N) is 3. The Morgan fingerprint density at radius 2 is 2.23 bits per heavy atom. The second-order valence-electron chi connectivity index (χ2n) is 5.60. The Hall–Kier alpha value is -2.81. The van der Waals surface area contributed by atoms with Gasteiger partial charge in [-0.05, 0) is 30.9 Å². The molecule has 1 aliphatic rings. The first kappa shape index (κ1) is 14.1. The predicted octanol–water partition coefficient (Wildman–Crippen LogP) is 2.31. The number of hydrogen-bond acceptors (Lipinski definition) is 4. The van der Waals surface area contributed by atoms with Crippen LogP contribution in [0.25, 0.3) is 5.69 Å². The van der Waals surface area contributed by atoms with Crippen molar-refractivity contribution in [1.29, 1.82) is 5.26 Å². The van der Waals surface area contributed by atoms with E-state index in [1.54, 1.807) is 6.07 Å². The number of rotatable bonds is 4. The van der Waals surface area contributed by atoms with Gasteiger partial charge in [0, 0.05) is 5.92 Å². The van der Waals surface area contributed by atoms with Crippen molar-refractivity contribution in [2.45, 2.75) is 19.8 Å². The summed E-state index contributed by atoms with van der Waals surface area (Å²) in [4.78, 5) is 12.3. The predicted molar refractivity (Wildman–Crippen MR) is 83.2 cm³/mol. The van der Waals surface area contributed by atoms with Gasteiger partial charge in [-0.3, -0.25) is 4.79 Å². The van der Waals surface area contributed by atoms with Crippen LogP contribution in [0.3, 0.4) is 0 Å². The molecular weight excluding hydrogens is 278 g/mol. The molecule has 6 heteroatoms. The Balaban J connectivity index is 1.91. The summed E-state index contributed by atoms with van der Waals surface area (Å²) in [5, 5.41) is 16.1. The largest absolute Gasteiger partial charge is 0.382 e. The van der Waals surface area contributed by atoms with Gasteiger partial charge in [0.25, 0.3) is 0 Å². The molecule has 112 valence electrons. The maximum atomic E-state index is 12.3. The van der Waals surface area contributed by atoms with Crippen molar-refractivity contribution in [3.05, 3.63) is 36.0 Å². The van der Waals surface area contributed by atoms with Gasteiger partial charge < -0.3 is 11.1 Å². The number of nitrogens with one attached hydrogen (secondary N) is 1. The van der Waals surface area contributed by atoms with Crippen LogP contribution in [0.15, 0.2) is 30.5 Å². The van der Waals surface area contributed by atoms with Crippen LogP contribution in [0.2, 0.25) is 0 Å². The van der Waals surface area contributed by atoms with E-state index < -0.39 is 0 Å². The zero-order valence-corrected chi connectivity index (χ0v) is 12.3. The molecule has 1 atom stereocenters. The van der Waals surface area contributed by atoms with Crippen molar-refractivity contribution >= 4 is 17.4 Å². The molecule has 1 saturated carbocycles. The minimum Gasteiger partial charge on any atom is -0.382 e. The maximum Gasteiger partial charge on any atom is 0.227 e. The maximum absolute atomic E-state index is 12.3. The number of anilines is 2. The lowest BCUT2D eigenvalue weighted by atomic mass is 10.1. The van der Waals surface area contributed by atoms with Crippen LogP contribution >= 0.6 is 0 Å². The summed E-state index contributed by atoms with van der Waals surface area (Å²) in [6.07, 6.45) is 3.66. The fraction of sp³-hybridized carbons (Fsp3) is 0.312. The fourth-order valence-corrected chi connectivity index (χ4v) is 2.46. The van der Waals surface area contributed by atoms with E-state index in [0.717, 1.165) is 12.8 Å². The summed E-state index contributed by atoms with van der Waals surface area (Å²) < 4.78 is 1.47. The number of hydrogen-bond donors (Lipinski definition) is 2. The van der Waals surface area contributed by atoms with Gasteiger partial charge in [0.1, 0.15) is 17.5 Å². The Labute approximate surface area is 128 Å². The molecular formula is C16H17N5O. The molecule has 0 spiro atoms. The van der Waals surface area contributed by atoms with E-state index in [-0.39, 0.29) is 17.6 Å². The molecule has 6 nitrogen and oxygen atoms in total. The minimum atomic E-state index is -0.00214. The van der Waals surface area contributed by atoms with Crippen molar-refractivity contribution in [2.24, 2.45) is 11.8 Å². The Morgan fingerprint density at radius 3 is 2.86 bits per heavy atom. The highest BCUT2D eigenvalue weighted by Crippen LogP contribution is 2.37. The zero-order valence-electron chi connectivity index (χ0n) is 12.3. The standard InChI is InChI=1S/C16H17N5O/c1-10(11-6-7-11)16(22)20-13-4-2-3-5-14(13)21-15(18)12(8-17)9-19-21/h2-5,9-11H,6-7,18H2,1H3,(H,20,22). The number of nitrogens with two attached hydrogens (primary N) is 1. The van der Waals surface area contributed by atoms with E-state index in [0.29, 0.717) is 22.9 Å². The van der Waals surface area contributed by atoms with Crippen molar-refractivity contribution < 1.29 is 4.79 Å². The number of para-hydroxylation sites is 2. The zero-order chi connectivity index (χ0) is 15.7. The molecule has 1 fully saturated rings. The average Bonchev–Trinajstić information content (AvgIpc) is 3.30. The molecule has 1 heterocycles. The number of amides is 1. The minimum absolute atomic E-state index is 0.00110. The van der Waals surface area contributed by atoms with Gasteiger partial charge >= 0.3 is 0 Å². The average molecular weight is 295 g/mol. The van der Waals surface area contributed by atoms with E-state index >= 15 is 0 Å². The lowest BCUT2D eigenvalue weighted by Gasteiger charge is -2.15. The smallest absolute Gasteiger partial charge is 0.227 e. The molecule has 1 aliphatic carbocycles. The van der Waals surface area contributed by atoms with Gasteiger partial charge in [-0.25, -0.2) is 4.68 Å².